The van der Waals surface area contributed by atoms with Crippen molar-refractivity contribution in [3.05, 3.63) is 48.6 Å². The fraction of sp³-hybridized carbons (Fsp3) is 0.700. The monoisotopic (exact) mass is 444 g/mol. The number of carboxylic acid groups (broad SMARTS) is 1. The first-order valence-electron chi connectivity index (χ1n) is 13.6. The third kappa shape index (κ3) is 28.4. The summed E-state index contributed by atoms with van der Waals surface area (Å²) in [6, 6.07) is 0. The van der Waals surface area contributed by atoms with Crippen LogP contribution in [0.15, 0.2) is 48.6 Å². The molecule has 0 aliphatic heterocycles. The smallest absolute Gasteiger partial charge is 0.303 e. The molecule has 0 atom stereocenters. The number of carbonyl (C=O) groups is 1. The Hall–Kier alpha value is -1.57. The molecule has 0 saturated heterocycles. The van der Waals surface area contributed by atoms with E-state index >= 15 is 0 Å². The van der Waals surface area contributed by atoms with E-state index in [0.29, 0.717) is 6.42 Å². The number of allylic oxidation sites excluding steroid dienone is 8. The Bertz CT molecular complexity index is 499. The van der Waals surface area contributed by atoms with Crippen LogP contribution in [-0.4, -0.2) is 11.1 Å². The van der Waals surface area contributed by atoms with Crippen molar-refractivity contribution in [3.63, 3.8) is 0 Å². The Balaban J connectivity index is 3.27. The first-order valence-corrected chi connectivity index (χ1v) is 13.6. The van der Waals surface area contributed by atoms with Crippen LogP contribution in [0.1, 0.15) is 135 Å². The third-order valence-electron chi connectivity index (χ3n) is 5.72. The van der Waals surface area contributed by atoms with E-state index < -0.39 is 5.97 Å². The molecule has 32 heavy (non-hydrogen) atoms. The molecular weight excluding hydrogens is 392 g/mol. The molecule has 0 aliphatic rings. The van der Waals surface area contributed by atoms with E-state index in [2.05, 4.69) is 55.5 Å². The van der Waals surface area contributed by atoms with Gasteiger partial charge in [0, 0.05) is 6.42 Å². The van der Waals surface area contributed by atoms with Gasteiger partial charge in [-0.1, -0.05) is 126 Å². The largest absolute Gasteiger partial charge is 0.481 e. The van der Waals surface area contributed by atoms with Gasteiger partial charge >= 0.3 is 5.97 Å². The van der Waals surface area contributed by atoms with E-state index in [4.69, 9.17) is 5.11 Å². The molecule has 0 aliphatic carbocycles. The molecule has 0 aromatic heterocycles. The summed E-state index contributed by atoms with van der Waals surface area (Å²) < 4.78 is 0. The molecule has 0 fully saturated rings. The van der Waals surface area contributed by atoms with Crippen LogP contribution >= 0.6 is 0 Å². The summed E-state index contributed by atoms with van der Waals surface area (Å²) >= 11 is 0. The van der Waals surface area contributed by atoms with E-state index in [1.807, 2.05) is 0 Å². The maximum absolute atomic E-state index is 10.4. The van der Waals surface area contributed by atoms with Crippen LogP contribution in [0, 0.1) is 0 Å². The Kier molecular flexibility index (Phi) is 26.1. The molecule has 0 rings (SSSR count). The lowest BCUT2D eigenvalue weighted by atomic mass is 10.0. The van der Waals surface area contributed by atoms with E-state index in [-0.39, 0.29) is 0 Å². The molecule has 2 heteroatoms. The highest BCUT2D eigenvalue weighted by Crippen LogP contribution is 2.12. The van der Waals surface area contributed by atoms with Crippen molar-refractivity contribution in [1.82, 2.24) is 0 Å². The van der Waals surface area contributed by atoms with E-state index in [1.54, 1.807) is 0 Å². The fourth-order valence-electron chi connectivity index (χ4n) is 3.69. The summed E-state index contributed by atoms with van der Waals surface area (Å²) in [4.78, 5) is 10.4. The molecule has 0 unspecified atom stereocenters. The maximum Gasteiger partial charge on any atom is 0.303 e. The van der Waals surface area contributed by atoms with Crippen LogP contribution in [0.5, 0.6) is 0 Å². The van der Waals surface area contributed by atoms with Gasteiger partial charge in [0.1, 0.15) is 0 Å². The number of hydrogen-bond acceptors (Lipinski definition) is 1. The van der Waals surface area contributed by atoms with Crippen LogP contribution in [0.25, 0.3) is 0 Å². The van der Waals surface area contributed by atoms with Crippen LogP contribution < -0.4 is 0 Å². The number of unbranched alkanes of at least 4 members (excludes halogenated alkanes) is 14. The normalized spacial score (nSPS) is 12.3. The Labute approximate surface area is 200 Å². The number of hydrogen-bond donors (Lipinski definition) is 1. The standard InChI is InChI=1S/C30H52O2/c1-2-3-4-5-6-7-8-9-10-11-12-13-14-15-16-17-18-19-20-21-22-23-24-25-26-27-28-29-30(31)32/h6-7,9-10,12-13,15-16H,2-5,8,11,14,17-29H2,1H3,(H,31,32). The molecule has 184 valence electrons. The lowest BCUT2D eigenvalue weighted by molar-refractivity contribution is -0.137. The van der Waals surface area contributed by atoms with E-state index in [0.717, 1.165) is 32.1 Å². The first kappa shape index (κ1) is 30.4. The number of rotatable bonds is 24. The molecule has 2 nitrogen and oxygen atoms in total. The Morgan fingerprint density at radius 2 is 0.844 bits per heavy atom. The molecule has 0 aromatic carbocycles. The van der Waals surface area contributed by atoms with Gasteiger partial charge in [0.2, 0.25) is 0 Å². The minimum atomic E-state index is -0.659. The number of aliphatic carboxylic acids is 1. The molecule has 0 amide bonds. The van der Waals surface area contributed by atoms with Gasteiger partial charge in [-0.05, 0) is 51.4 Å². The molecule has 0 saturated carbocycles. The minimum absolute atomic E-state index is 0.334. The molecule has 0 bridgehead atoms. The highest BCUT2D eigenvalue weighted by atomic mass is 16.4. The van der Waals surface area contributed by atoms with Crippen molar-refractivity contribution in [2.75, 3.05) is 0 Å². The maximum atomic E-state index is 10.4. The molecular formula is C30H52O2. The summed E-state index contributed by atoms with van der Waals surface area (Å²) in [6.07, 6.45) is 42.0. The quantitative estimate of drug-likeness (QED) is 0.119. The van der Waals surface area contributed by atoms with Crippen molar-refractivity contribution in [2.45, 2.75) is 135 Å². The highest BCUT2D eigenvalue weighted by molar-refractivity contribution is 5.66. The SMILES string of the molecule is CCCCCC=CCC=CCC=CCC=CCCCCCCCCCCCCCC(=O)O. The lowest BCUT2D eigenvalue weighted by Crippen LogP contribution is -1.93. The second kappa shape index (κ2) is 27.5. The average molecular weight is 445 g/mol. The topological polar surface area (TPSA) is 37.3 Å². The third-order valence-corrected chi connectivity index (χ3v) is 5.72. The van der Waals surface area contributed by atoms with Crippen molar-refractivity contribution in [1.29, 1.82) is 0 Å². The van der Waals surface area contributed by atoms with E-state index in [9.17, 15) is 4.79 Å². The second-order valence-corrected chi connectivity index (χ2v) is 8.91. The summed E-state index contributed by atoms with van der Waals surface area (Å²) in [5, 5.41) is 8.60. The van der Waals surface area contributed by atoms with Gasteiger partial charge in [-0.25, -0.2) is 0 Å². The molecule has 0 radical (unpaired) electrons. The van der Waals surface area contributed by atoms with Gasteiger partial charge < -0.3 is 5.11 Å². The highest BCUT2D eigenvalue weighted by Gasteiger charge is 1.96. The molecule has 0 heterocycles. The van der Waals surface area contributed by atoms with Gasteiger partial charge in [0.05, 0.1) is 0 Å². The average Bonchev–Trinajstić information content (AvgIpc) is 2.78. The van der Waals surface area contributed by atoms with Gasteiger partial charge in [0.25, 0.3) is 0 Å². The van der Waals surface area contributed by atoms with Crippen LogP contribution in [-0.2, 0) is 4.79 Å². The summed E-state index contributed by atoms with van der Waals surface area (Å²) in [5.41, 5.74) is 0. The van der Waals surface area contributed by atoms with Gasteiger partial charge in [-0.3, -0.25) is 4.79 Å². The predicted octanol–water partition coefficient (Wildman–Crippen LogP) is 10.1. The predicted molar refractivity (Wildman–Crippen MR) is 142 cm³/mol. The van der Waals surface area contributed by atoms with Crippen molar-refractivity contribution in [3.8, 4) is 0 Å². The zero-order valence-electron chi connectivity index (χ0n) is 21.1. The summed E-state index contributed by atoms with van der Waals surface area (Å²) in [6.45, 7) is 2.25. The van der Waals surface area contributed by atoms with Crippen molar-refractivity contribution >= 4 is 5.97 Å². The lowest BCUT2D eigenvalue weighted by Gasteiger charge is -2.02. The molecule has 0 aromatic rings. The Morgan fingerprint density at radius 1 is 0.500 bits per heavy atom. The van der Waals surface area contributed by atoms with E-state index in [1.165, 1.54) is 89.9 Å². The van der Waals surface area contributed by atoms with Crippen LogP contribution in [0.3, 0.4) is 0 Å². The van der Waals surface area contributed by atoms with Crippen LogP contribution in [0.2, 0.25) is 0 Å². The van der Waals surface area contributed by atoms with Crippen LogP contribution in [0.4, 0.5) is 0 Å². The molecule has 0 spiro atoms. The first-order chi connectivity index (χ1) is 15.8. The summed E-state index contributed by atoms with van der Waals surface area (Å²) in [7, 11) is 0. The van der Waals surface area contributed by atoms with Gasteiger partial charge in [-0.15, -0.1) is 0 Å². The zero-order valence-corrected chi connectivity index (χ0v) is 21.1. The van der Waals surface area contributed by atoms with Crippen molar-refractivity contribution < 1.29 is 9.90 Å². The van der Waals surface area contributed by atoms with Gasteiger partial charge in [-0.2, -0.15) is 0 Å². The van der Waals surface area contributed by atoms with Gasteiger partial charge in [0.15, 0.2) is 0 Å². The number of carboxylic acids is 1. The Morgan fingerprint density at radius 3 is 1.25 bits per heavy atom. The molecule has 1 N–H and O–H groups in total. The minimum Gasteiger partial charge on any atom is -0.481 e. The van der Waals surface area contributed by atoms with Crippen molar-refractivity contribution in [2.24, 2.45) is 0 Å². The summed E-state index contributed by atoms with van der Waals surface area (Å²) in [5.74, 6) is -0.659. The zero-order chi connectivity index (χ0) is 23.4. The fourth-order valence-corrected chi connectivity index (χ4v) is 3.69. The second-order valence-electron chi connectivity index (χ2n) is 8.91.